The Kier molecular flexibility index (Phi) is 15.4. The number of quaternary nitrogens is 1. The molecule has 0 fully saturated rings. The minimum absolute atomic E-state index is 0.985. The molecule has 4 aromatic carbocycles. The molecule has 0 bridgehead atoms. The summed E-state index contributed by atoms with van der Waals surface area (Å²) in [7, 11) is 0. The molecule has 0 atom stereocenters. The van der Waals surface area contributed by atoms with Crippen molar-refractivity contribution in [2.75, 3.05) is 26.2 Å². The third-order valence-corrected chi connectivity index (χ3v) is 9.43. The van der Waals surface area contributed by atoms with Crippen LogP contribution in [0.2, 0.25) is 0 Å². The summed E-state index contributed by atoms with van der Waals surface area (Å²) in [6.45, 7) is 15.0. The van der Waals surface area contributed by atoms with Gasteiger partial charge in [-0.1, -0.05) is 180 Å². The zero-order chi connectivity index (χ0) is 30.6. The van der Waals surface area contributed by atoms with Crippen molar-refractivity contribution in [2.45, 2.75) is 85.4 Å². The Morgan fingerprint density at radius 1 is 0.395 bits per heavy atom. The molecule has 230 valence electrons. The zero-order valence-corrected chi connectivity index (χ0v) is 27.8. The Balaban J connectivity index is 0.000000261. The molecule has 4 rings (SSSR count). The first kappa shape index (κ1) is 34.4. The van der Waals surface area contributed by atoms with Gasteiger partial charge in [0.05, 0.1) is 32.3 Å². The summed E-state index contributed by atoms with van der Waals surface area (Å²) in [5.74, 6) is 0. The van der Waals surface area contributed by atoms with E-state index in [9.17, 15) is 0 Å². The Morgan fingerprint density at radius 2 is 0.674 bits per heavy atom. The highest BCUT2D eigenvalue weighted by Gasteiger charge is 2.30. The van der Waals surface area contributed by atoms with E-state index in [2.05, 4.69) is 149 Å². The normalized spacial score (nSPS) is 11.5. The lowest BCUT2D eigenvalue weighted by Gasteiger charge is -2.43. The first-order valence-corrected chi connectivity index (χ1v) is 17.4. The molecule has 0 amide bonds. The van der Waals surface area contributed by atoms with Crippen LogP contribution in [0.3, 0.4) is 0 Å². The summed E-state index contributed by atoms with van der Waals surface area (Å²) in [4.78, 5) is 0. The molecule has 0 heterocycles. The van der Waals surface area contributed by atoms with Crippen molar-refractivity contribution in [2.24, 2.45) is 0 Å². The number of rotatable bonds is 17. The van der Waals surface area contributed by atoms with Crippen LogP contribution in [0, 0.1) is 0 Å². The summed E-state index contributed by atoms with van der Waals surface area (Å²) in [6.07, 6.45) is 11.0. The van der Waals surface area contributed by atoms with Crippen molar-refractivity contribution in [3.8, 4) is 0 Å². The first-order valence-electron chi connectivity index (χ1n) is 17.4. The van der Waals surface area contributed by atoms with Gasteiger partial charge in [0.25, 0.3) is 0 Å². The maximum atomic E-state index is 2.33. The lowest BCUT2D eigenvalue weighted by atomic mass is 9.14. The van der Waals surface area contributed by atoms with E-state index in [1.54, 1.807) is 0 Å². The first-order chi connectivity index (χ1) is 21.1. The van der Waals surface area contributed by atoms with Gasteiger partial charge in [0.1, 0.15) is 0 Å². The zero-order valence-electron chi connectivity index (χ0n) is 27.8. The molecule has 0 saturated heterocycles. The molecular weight excluding hydrogens is 517 g/mol. The number of unbranched alkanes of at least 4 members (excludes halogenated alkanes) is 4. The van der Waals surface area contributed by atoms with Crippen molar-refractivity contribution in [3.05, 3.63) is 127 Å². The van der Waals surface area contributed by atoms with Crippen LogP contribution in [0.4, 0.5) is 0 Å². The van der Waals surface area contributed by atoms with Crippen molar-refractivity contribution < 1.29 is 4.48 Å². The van der Waals surface area contributed by atoms with Gasteiger partial charge in [0.2, 0.25) is 0 Å². The molecule has 2 heteroatoms. The van der Waals surface area contributed by atoms with E-state index in [1.165, 1.54) is 104 Å². The highest BCUT2D eigenvalue weighted by atomic mass is 15.3. The fraction of sp³-hybridized carbons (Fsp3) is 0.415. The predicted octanol–water partition coefficient (Wildman–Crippen LogP) is 8.94. The third-order valence-electron chi connectivity index (χ3n) is 9.43. The van der Waals surface area contributed by atoms with Crippen LogP contribution in [0.15, 0.2) is 121 Å². The van der Waals surface area contributed by atoms with Gasteiger partial charge < -0.3 is 4.48 Å². The maximum absolute atomic E-state index is 2.33. The largest absolute Gasteiger partial charge is 0.324 e. The van der Waals surface area contributed by atoms with E-state index >= 15 is 0 Å². The van der Waals surface area contributed by atoms with Crippen molar-refractivity contribution in [1.29, 1.82) is 0 Å². The minimum Gasteiger partial charge on any atom is -0.324 e. The smallest absolute Gasteiger partial charge is 0.0856 e. The second-order valence-electron chi connectivity index (χ2n) is 12.6. The SMILES string of the molecule is CCCC[N+](CCCC)(CCCC)CCCC.c1ccc(C[B-](c2ccccc2)(c2ccccc2)c2ccccc2)cc1. The van der Waals surface area contributed by atoms with Gasteiger partial charge in [-0.05, 0) is 25.7 Å². The monoisotopic (exact) mass is 575 g/mol. The Morgan fingerprint density at radius 3 is 0.953 bits per heavy atom. The second-order valence-corrected chi connectivity index (χ2v) is 12.6. The second kappa shape index (κ2) is 19.2. The van der Waals surface area contributed by atoms with E-state index < -0.39 is 6.15 Å². The third kappa shape index (κ3) is 10.2. The van der Waals surface area contributed by atoms with Crippen molar-refractivity contribution in [1.82, 2.24) is 0 Å². The van der Waals surface area contributed by atoms with Crippen LogP contribution >= 0.6 is 0 Å². The molecule has 0 aliphatic heterocycles. The van der Waals surface area contributed by atoms with E-state index in [1.807, 2.05) is 0 Å². The van der Waals surface area contributed by atoms with Gasteiger partial charge >= 0.3 is 0 Å². The van der Waals surface area contributed by atoms with Crippen LogP contribution in [0.1, 0.15) is 84.6 Å². The summed E-state index contributed by atoms with van der Waals surface area (Å²) in [5, 5.41) is 0. The van der Waals surface area contributed by atoms with Gasteiger partial charge in [-0.2, -0.15) is 16.4 Å². The van der Waals surface area contributed by atoms with Crippen molar-refractivity contribution in [3.63, 3.8) is 0 Å². The summed E-state index contributed by atoms with van der Waals surface area (Å²) < 4.78 is 1.42. The standard InChI is InChI=1S/C25H22B.C16H36N/c1-5-13-22(14-6-1)21-26(23-15-7-2-8-16-23,24-17-9-3-10-18-24)25-19-11-4-12-20-25;1-5-9-13-17(14-10-6-2,15-11-7-3)16-12-8-4/h1-20H,21H2;5-16H2,1-4H3/q-1;+1. The van der Waals surface area contributed by atoms with Gasteiger partial charge in [0.15, 0.2) is 0 Å². The van der Waals surface area contributed by atoms with Crippen LogP contribution in [-0.4, -0.2) is 36.8 Å². The van der Waals surface area contributed by atoms with Crippen LogP contribution in [0.25, 0.3) is 0 Å². The summed E-state index contributed by atoms with van der Waals surface area (Å²) >= 11 is 0. The van der Waals surface area contributed by atoms with Gasteiger partial charge in [-0.15, -0.1) is 6.32 Å². The van der Waals surface area contributed by atoms with Gasteiger partial charge in [0, 0.05) is 0 Å². The maximum Gasteiger partial charge on any atom is 0.0856 e. The van der Waals surface area contributed by atoms with E-state index in [0.29, 0.717) is 0 Å². The molecule has 0 aromatic heterocycles. The fourth-order valence-corrected chi connectivity index (χ4v) is 6.89. The number of nitrogens with zero attached hydrogens (tertiary/aromatic N) is 1. The molecule has 0 saturated carbocycles. The number of benzene rings is 4. The minimum atomic E-state index is -1.09. The average Bonchev–Trinajstić information content (AvgIpc) is 3.08. The average molecular weight is 576 g/mol. The summed E-state index contributed by atoms with van der Waals surface area (Å²) in [5.41, 5.74) is 5.51. The van der Waals surface area contributed by atoms with E-state index in [-0.39, 0.29) is 0 Å². The fourth-order valence-electron chi connectivity index (χ4n) is 6.89. The number of hydrogen-bond donors (Lipinski definition) is 0. The lowest BCUT2D eigenvalue weighted by molar-refractivity contribution is -0.929. The van der Waals surface area contributed by atoms with Crippen molar-refractivity contribution >= 4 is 22.5 Å². The van der Waals surface area contributed by atoms with E-state index in [4.69, 9.17) is 0 Å². The quantitative estimate of drug-likeness (QED) is 0.0871. The van der Waals surface area contributed by atoms with Gasteiger partial charge in [-0.25, -0.2) is 0 Å². The highest BCUT2D eigenvalue weighted by Crippen LogP contribution is 2.17. The molecule has 0 N–H and O–H groups in total. The topological polar surface area (TPSA) is 0 Å². The molecule has 0 aliphatic rings. The van der Waals surface area contributed by atoms with Gasteiger partial charge in [-0.3, -0.25) is 0 Å². The molecule has 0 spiro atoms. The van der Waals surface area contributed by atoms with Crippen LogP contribution in [-0.2, 0) is 6.32 Å². The Hall–Kier alpha value is -3.10. The number of hydrogen-bond acceptors (Lipinski definition) is 0. The van der Waals surface area contributed by atoms with Crippen LogP contribution in [0.5, 0.6) is 0 Å². The molecule has 1 nitrogen and oxygen atoms in total. The Bertz CT molecular complexity index is 1090. The Labute approximate surface area is 264 Å². The molecule has 0 radical (unpaired) electrons. The predicted molar refractivity (Wildman–Crippen MR) is 193 cm³/mol. The van der Waals surface area contributed by atoms with Crippen LogP contribution < -0.4 is 16.4 Å². The molecule has 43 heavy (non-hydrogen) atoms. The lowest BCUT2D eigenvalue weighted by Crippen LogP contribution is -2.68. The summed E-state index contributed by atoms with van der Waals surface area (Å²) in [6, 6.07) is 43.8. The molecular formula is C41H58BN. The molecule has 0 unspecified atom stereocenters. The molecule has 4 aromatic rings. The molecule has 0 aliphatic carbocycles. The highest BCUT2D eigenvalue weighted by molar-refractivity contribution is 7.11. The van der Waals surface area contributed by atoms with E-state index in [0.717, 1.165) is 6.32 Å².